The van der Waals surface area contributed by atoms with E-state index in [9.17, 15) is 0 Å². The zero-order valence-corrected chi connectivity index (χ0v) is 15.1. The molecule has 6 heteroatoms. The number of piperazine rings is 1. The third kappa shape index (κ3) is 3.86. The molecule has 4 heterocycles. The van der Waals surface area contributed by atoms with Crippen molar-refractivity contribution < 1.29 is 0 Å². The van der Waals surface area contributed by atoms with Crippen molar-refractivity contribution in [3.63, 3.8) is 0 Å². The predicted octanol–water partition coefficient (Wildman–Crippen LogP) is 3.23. The maximum Gasteiger partial charge on any atom is 0.161 e. The zero-order chi connectivity index (χ0) is 17.1. The van der Waals surface area contributed by atoms with Gasteiger partial charge in [-0.25, -0.2) is 9.97 Å². The number of thiophene rings is 1. The van der Waals surface area contributed by atoms with E-state index in [0.717, 1.165) is 55.6 Å². The third-order valence-electron chi connectivity index (χ3n) is 4.44. The van der Waals surface area contributed by atoms with Gasteiger partial charge in [-0.15, -0.1) is 11.3 Å². The van der Waals surface area contributed by atoms with Crippen molar-refractivity contribution in [2.75, 3.05) is 31.1 Å². The average molecular weight is 351 g/mol. The second kappa shape index (κ2) is 7.29. The highest BCUT2D eigenvalue weighted by Crippen LogP contribution is 2.21. The largest absolute Gasteiger partial charge is 0.354 e. The molecule has 5 nitrogen and oxygen atoms in total. The Morgan fingerprint density at radius 1 is 1.04 bits per heavy atom. The second-order valence-electron chi connectivity index (χ2n) is 6.27. The number of aryl methyl sites for hydroxylation is 1. The summed E-state index contributed by atoms with van der Waals surface area (Å²) in [6, 6.07) is 10.3. The minimum Gasteiger partial charge on any atom is -0.354 e. The molecule has 0 aliphatic carbocycles. The SMILES string of the molecule is Cc1cc(N2CCN(Cc3cccs3)CC2)nc(-c2ccncc2)n1. The van der Waals surface area contributed by atoms with Crippen LogP contribution in [0.25, 0.3) is 11.4 Å². The van der Waals surface area contributed by atoms with Crippen LogP contribution >= 0.6 is 11.3 Å². The van der Waals surface area contributed by atoms with Crippen molar-refractivity contribution in [2.45, 2.75) is 13.5 Å². The zero-order valence-electron chi connectivity index (χ0n) is 14.3. The van der Waals surface area contributed by atoms with Crippen LogP contribution in [0.4, 0.5) is 5.82 Å². The molecule has 0 saturated carbocycles. The minimum atomic E-state index is 0.776. The fraction of sp³-hybridized carbons (Fsp3) is 0.316. The summed E-state index contributed by atoms with van der Waals surface area (Å²) in [6.07, 6.45) is 3.56. The maximum atomic E-state index is 4.80. The molecule has 3 aromatic rings. The number of nitrogens with zero attached hydrogens (tertiary/aromatic N) is 5. The molecule has 0 aromatic carbocycles. The summed E-state index contributed by atoms with van der Waals surface area (Å²) in [4.78, 5) is 19.8. The van der Waals surface area contributed by atoms with Crippen LogP contribution < -0.4 is 4.90 Å². The average Bonchev–Trinajstić information content (AvgIpc) is 3.16. The van der Waals surface area contributed by atoms with Crippen LogP contribution in [0.3, 0.4) is 0 Å². The molecule has 1 fully saturated rings. The molecule has 128 valence electrons. The quantitative estimate of drug-likeness (QED) is 0.722. The highest BCUT2D eigenvalue weighted by Gasteiger charge is 2.19. The number of anilines is 1. The van der Waals surface area contributed by atoms with Gasteiger partial charge in [-0.2, -0.15) is 0 Å². The predicted molar refractivity (Wildman–Crippen MR) is 102 cm³/mol. The van der Waals surface area contributed by atoms with Gasteiger partial charge in [0.05, 0.1) is 0 Å². The van der Waals surface area contributed by atoms with Gasteiger partial charge in [0, 0.05) is 67.3 Å². The van der Waals surface area contributed by atoms with Crippen LogP contribution in [0.1, 0.15) is 10.6 Å². The maximum absolute atomic E-state index is 4.80. The van der Waals surface area contributed by atoms with E-state index in [2.05, 4.69) is 43.3 Å². The Labute approximate surface area is 152 Å². The van der Waals surface area contributed by atoms with Gasteiger partial charge < -0.3 is 4.90 Å². The fourth-order valence-electron chi connectivity index (χ4n) is 3.10. The van der Waals surface area contributed by atoms with E-state index < -0.39 is 0 Å². The molecule has 0 amide bonds. The molecule has 0 bridgehead atoms. The van der Waals surface area contributed by atoms with E-state index in [4.69, 9.17) is 4.98 Å². The van der Waals surface area contributed by atoms with E-state index in [0.29, 0.717) is 0 Å². The molecule has 3 aromatic heterocycles. The molecule has 1 saturated heterocycles. The Bertz CT molecular complexity index is 811. The van der Waals surface area contributed by atoms with Crippen molar-refractivity contribution in [3.05, 3.63) is 58.7 Å². The lowest BCUT2D eigenvalue weighted by Crippen LogP contribution is -2.46. The van der Waals surface area contributed by atoms with Crippen LogP contribution in [0, 0.1) is 6.92 Å². The van der Waals surface area contributed by atoms with E-state index in [1.165, 1.54) is 4.88 Å². The van der Waals surface area contributed by atoms with Crippen molar-refractivity contribution >= 4 is 17.2 Å². The van der Waals surface area contributed by atoms with Crippen molar-refractivity contribution in [1.29, 1.82) is 0 Å². The number of aromatic nitrogens is 3. The van der Waals surface area contributed by atoms with Crippen LogP contribution in [0.5, 0.6) is 0 Å². The molecule has 1 aliphatic heterocycles. The van der Waals surface area contributed by atoms with Gasteiger partial charge in [0.15, 0.2) is 5.82 Å². The fourth-order valence-corrected chi connectivity index (χ4v) is 3.85. The molecule has 0 radical (unpaired) electrons. The highest BCUT2D eigenvalue weighted by atomic mass is 32.1. The summed E-state index contributed by atoms with van der Waals surface area (Å²) >= 11 is 1.83. The third-order valence-corrected chi connectivity index (χ3v) is 5.30. The number of pyridine rings is 1. The smallest absolute Gasteiger partial charge is 0.161 e. The molecule has 0 spiro atoms. The van der Waals surface area contributed by atoms with Gasteiger partial charge >= 0.3 is 0 Å². The first kappa shape index (κ1) is 16.2. The van der Waals surface area contributed by atoms with E-state index >= 15 is 0 Å². The topological polar surface area (TPSA) is 45.2 Å². The number of hydrogen-bond donors (Lipinski definition) is 0. The Morgan fingerprint density at radius 3 is 2.56 bits per heavy atom. The lowest BCUT2D eigenvalue weighted by molar-refractivity contribution is 0.251. The Kier molecular flexibility index (Phi) is 4.72. The van der Waals surface area contributed by atoms with Gasteiger partial charge in [0.25, 0.3) is 0 Å². The van der Waals surface area contributed by atoms with E-state index in [-0.39, 0.29) is 0 Å². The molecular weight excluding hydrogens is 330 g/mol. The molecular formula is C19H21N5S. The number of hydrogen-bond acceptors (Lipinski definition) is 6. The first-order valence-electron chi connectivity index (χ1n) is 8.54. The highest BCUT2D eigenvalue weighted by molar-refractivity contribution is 7.09. The van der Waals surface area contributed by atoms with Gasteiger partial charge in [-0.05, 0) is 30.5 Å². The summed E-state index contributed by atoms with van der Waals surface area (Å²) < 4.78 is 0. The molecule has 0 N–H and O–H groups in total. The van der Waals surface area contributed by atoms with E-state index in [1.54, 1.807) is 12.4 Å². The normalized spacial score (nSPS) is 15.5. The Hall–Kier alpha value is -2.31. The summed E-state index contributed by atoms with van der Waals surface area (Å²) in [7, 11) is 0. The van der Waals surface area contributed by atoms with Gasteiger partial charge in [-0.1, -0.05) is 6.07 Å². The van der Waals surface area contributed by atoms with Crippen molar-refractivity contribution in [2.24, 2.45) is 0 Å². The standard InChI is InChI=1S/C19H21N5S/c1-15-13-18(22-19(21-15)16-4-6-20-7-5-16)24-10-8-23(9-11-24)14-17-3-2-12-25-17/h2-7,12-13H,8-11,14H2,1H3. The Morgan fingerprint density at radius 2 is 1.84 bits per heavy atom. The number of rotatable bonds is 4. The second-order valence-corrected chi connectivity index (χ2v) is 7.30. The van der Waals surface area contributed by atoms with Gasteiger partial charge in [0.2, 0.25) is 0 Å². The molecule has 0 unspecified atom stereocenters. The lowest BCUT2D eigenvalue weighted by atomic mass is 10.2. The summed E-state index contributed by atoms with van der Waals surface area (Å²) in [5.74, 6) is 1.80. The Balaban J connectivity index is 1.47. The summed E-state index contributed by atoms with van der Waals surface area (Å²) in [5.41, 5.74) is 2.01. The van der Waals surface area contributed by atoms with Crippen molar-refractivity contribution in [3.8, 4) is 11.4 Å². The summed E-state index contributed by atoms with van der Waals surface area (Å²) in [5, 5.41) is 2.15. The minimum absolute atomic E-state index is 0.776. The lowest BCUT2D eigenvalue weighted by Gasteiger charge is -2.35. The van der Waals surface area contributed by atoms with E-state index in [1.807, 2.05) is 30.4 Å². The molecule has 1 aliphatic rings. The van der Waals surface area contributed by atoms with Crippen LogP contribution in [0.15, 0.2) is 48.1 Å². The van der Waals surface area contributed by atoms with Gasteiger partial charge in [0.1, 0.15) is 5.82 Å². The van der Waals surface area contributed by atoms with Crippen molar-refractivity contribution in [1.82, 2.24) is 19.9 Å². The van der Waals surface area contributed by atoms with Crippen LogP contribution in [0.2, 0.25) is 0 Å². The molecule has 0 atom stereocenters. The van der Waals surface area contributed by atoms with Crippen LogP contribution in [-0.4, -0.2) is 46.0 Å². The first-order valence-corrected chi connectivity index (χ1v) is 9.42. The monoisotopic (exact) mass is 351 g/mol. The summed E-state index contributed by atoms with van der Waals surface area (Å²) in [6.45, 7) is 7.20. The van der Waals surface area contributed by atoms with Gasteiger partial charge in [-0.3, -0.25) is 9.88 Å². The molecule has 4 rings (SSSR count). The first-order chi connectivity index (χ1) is 12.3. The molecule has 25 heavy (non-hydrogen) atoms. The van der Waals surface area contributed by atoms with Crippen LogP contribution in [-0.2, 0) is 6.54 Å².